The van der Waals surface area contributed by atoms with Crippen LogP contribution >= 0.6 is 0 Å². The highest BCUT2D eigenvalue weighted by Crippen LogP contribution is 2.21. The molecule has 1 aromatic carbocycles. The molecule has 122 valence electrons. The lowest BCUT2D eigenvalue weighted by molar-refractivity contribution is -0.118. The molecule has 1 aromatic heterocycles. The number of aryl methyl sites for hydroxylation is 1. The summed E-state index contributed by atoms with van der Waals surface area (Å²) in [7, 11) is 0. The summed E-state index contributed by atoms with van der Waals surface area (Å²) in [6, 6.07) is 7.95. The minimum Gasteiger partial charge on any atom is -0.484 e. The summed E-state index contributed by atoms with van der Waals surface area (Å²) in [5.74, 6) is 0.487. The fraction of sp³-hybridized carbons (Fsp3) is 0.412. The van der Waals surface area contributed by atoms with Crippen LogP contribution in [0.3, 0.4) is 0 Å². The van der Waals surface area contributed by atoms with Gasteiger partial charge in [0.15, 0.2) is 6.61 Å². The first-order valence-electron chi connectivity index (χ1n) is 7.82. The molecule has 0 spiro atoms. The number of hydrogen-bond donors (Lipinski definition) is 1. The van der Waals surface area contributed by atoms with E-state index < -0.39 is 0 Å². The van der Waals surface area contributed by atoms with Crippen molar-refractivity contribution in [1.29, 1.82) is 0 Å². The van der Waals surface area contributed by atoms with Gasteiger partial charge in [0.2, 0.25) is 0 Å². The number of carbonyl (C=O) groups is 1. The molecule has 23 heavy (non-hydrogen) atoms. The van der Waals surface area contributed by atoms with Crippen molar-refractivity contribution < 1.29 is 14.3 Å². The lowest BCUT2D eigenvalue weighted by atomic mass is 10.1. The largest absolute Gasteiger partial charge is 0.484 e. The molecule has 1 amide bonds. The first-order valence-corrected chi connectivity index (χ1v) is 7.82. The molecule has 0 bridgehead atoms. The smallest absolute Gasteiger partial charge is 0.262 e. The number of aromatic nitrogens is 2. The molecule has 6 nitrogen and oxygen atoms in total. The van der Waals surface area contributed by atoms with Crippen molar-refractivity contribution in [3.63, 3.8) is 0 Å². The van der Waals surface area contributed by atoms with Crippen LogP contribution < -0.4 is 10.1 Å². The highest BCUT2D eigenvalue weighted by molar-refractivity contribution is 5.91. The Balaban J connectivity index is 1.49. The average Bonchev–Trinajstić information content (AvgIpc) is 3.04. The first-order chi connectivity index (χ1) is 11.2. The van der Waals surface area contributed by atoms with Gasteiger partial charge in [-0.15, -0.1) is 0 Å². The highest BCUT2D eigenvalue weighted by Gasteiger charge is 2.16. The van der Waals surface area contributed by atoms with Gasteiger partial charge in [-0.2, -0.15) is 5.10 Å². The Labute approximate surface area is 135 Å². The summed E-state index contributed by atoms with van der Waals surface area (Å²) in [5, 5.41) is 7.13. The normalized spacial score (nSPS) is 15.3. The second-order valence-electron chi connectivity index (χ2n) is 5.70. The van der Waals surface area contributed by atoms with Crippen LogP contribution in [0.1, 0.15) is 24.4 Å². The quantitative estimate of drug-likeness (QED) is 0.921. The molecular formula is C17H21N3O3. The van der Waals surface area contributed by atoms with Crippen LogP contribution in [0, 0.1) is 6.92 Å². The zero-order valence-corrected chi connectivity index (χ0v) is 13.2. The SMILES string of the molecule is Cc1ccc(OCC(=O)Nc2cnn(C3CCOCC3)c2)cc1. The van der Waals surface area contributed by atoms with Gasteiger partial charge < -0.3 is 14.8 Å². The summed E-state index contributed by atoms with van der Waals surface area (Å²) >= 11 is 0. The van der Waals surface area contributed by atoms with E-state index >= 15 is 0 Å². The number of nitrogens with one attached hydrogen (secondary N) is 1. The van der Waals surface area contributed by atoms with Crippen LogP contribution in [0.15, 0.2) is 36.7 Å². The van der Waals surface area contributed by atoms with Crippen molar-refractivity contribution >= 4 is 11.6 Å². The summed E-state index contributed by atoms with van der Waals surface area (Å²) in [6.07, 6.45) is 5.43. The fourth-order valence-corrected chi connectivity index (χ4v) is 2.53. The Morgan fingerprint density at radius 2 is 2.09 bits per heavy atom. The molecule has 0 saturated carbocycles. The topological polar surface area (TPSA) is 65.4 Å². The van der Waals surface area contributed by atoms with E-state index in [1.54, 1.807) is 6.20 Å². The number of carbonyl (C=O) groups excluding carboxylic acids is 1. The van der Waals surface area contributed by atoms with Crippen LogP contribution in [0.4, 0.5) is 5.69 Å². The van der Waals surface area contributed by atoms with Crippen molar-refractivity contribution in [1.82, 2.24) is 9.78 Å². The number of rotatable bonds is 5. The second-order valence-corrected chi connectivity index (χ2v) is 5.70. The maximum absolute atomic E-state index is 11.9. The summed E-state index contributed by atoms with van der Waals surface area (Å²) in [6.45, 7) is 3.51. The van der Waals surface area contributed by atoms with E-state index in [2.05, 4.69) is 10.4 Å². The molecule has 3 rings (SSSR count). The molecule has 1 aliphatic rings. The Bertz CT molecular complexity index is 645. The van der Waals surface area contributed by atoms with E-state index in [9.17, 15) is 4.79 Å². The van der Waals surface area contributed by atoms with E-state index in [1.807, 2.05) is 42.1 Å². The molecule has 1 N–H and O–H groups in total. The fourth-order valence-electron chi connectivity index (χ4n) is 2.53. The highest BCUT2D eigenvalue weighted by atomic mass is 16.5. The Hall–Kier alpha value is -2.34. The predicted molar refractivity (Wildman–Crippen MR) is 86.6 cm³/mol. The maximum Gasteiger partial charge on any atom is 0.262 e. The van der Waals surface area contributed by atoms with E-state index in [4.69, 9.17) is 9.47 Å². The number of benzene rings is 1. The Kier molecular flexibility index (Phi) is 4.92. The molecule has 0 aliphatic carbocycles. The Morgan fingerprint density at radius 3 is 2.83 bits per heavy atom. The molecule has 2 aromatic rings. The lowest BCUT2D eigenvalue weighted by Gasteiger charge is -2.22. The van der Waals surface area contributed by atoms with Gasteiger partial charge in [0.1, 0.15) is 5.75 Å². The van der Waals surface area contributed by atoms with Gasteiger partial charge in [-0.1, -0.05) is 17.7 Å². The van der Waals surface area contributed by atoms with E-state index in [0.29, 0.717) is 17.5 Å². The van der Waals surface area contributed by atoms with Crippen molar-refractivity contribution in [2.75, 3.05) is 25.1 Å². The van der Waals surface area contributed by atoms with E-state index in [1.165, 1.54) is 0 Å². The molecule has 0 atom stereocenters. The minimum atomic E-state index is -0.197. The molecule has 1 aliphatic heterocycles. The molecule has 2 heterocycles. The van der Waals surface area contributed by atoms with Crippen molar-refractivity contribution in [2.24, 2.45) is 0 Å². The zero-order valence-electron chi connectivity index (χ0n) is 13.2. The van der Waals surface area contributed by atoms with Crippen LogP contribution in [0.2, 0.25) is 0 Å². The molecule has 6 heteroatoms. The third kappa shape index (κ3) is 4.32. The van der Waals surface area contributed by atoms with E-state index in [0.717, 1.165) is 31.6 Å². The van der Waals surface area contributed by atoms with Gasteiger partial charge in [-0.05, 0) is 31.9 Å². The molecule has 0 radical (unpaired) electrons. The lowest BCUT2D eigenvalue weighted by Crippen LogP contribution is -2.21. The van der Waals surface area contributed by atoms with Gasteiger partial charge in [-0.3, -0.25) is 9.48 Å². The third-order valence-electron chi connectivity index (χ3n) is 3.84. The summed E-state index contributed by atoms with van der Waals surface area (Å²) < 4.78 is 12.7. The van der Waals surface area contributed by atoms with Crippen LogP contribution in [0.25, 0.3) is 0 Å². The number of nitrogens with zero attached hydrogens (tertiary/aromatic N) is 2. The Morgan fingerprint density at radius 1 is 1.35 bits per heavy atom. The van der Waals surface area contributed by atoms with E-state index in [-0.39, 0.29) is 12.5 Å². The number of anilines is 1. The monoisotopic (exact) mass is 315 g/mol. The van der Waals surface area contributed by atoms with Crippen molar-refractivity contribution in [3.8, 4) is 5.75 Å². The van der Waals surface area contributed by atoms with Crippen molar-refractivity contribution in [3.05, 3.63) is 42.2 Å². The molecule has 1 saturated heterocycles. The van der Waals surface area contributed by atoms with Gasteiger partial charge in [0, 0.05) is 19.4 Å². The van der Waals surface area contributed by atoms with Crippen LogP contribution in [0.5, 0.6) is 5.75 Å². The summed E-state index contributed by atoms with van der Waals surface area (Å²) in [5.41, 5.74) is 1.84. The summed E-state index contributed by atoms with van der Waals surface area (Å²) in [4.78, 5) is 11.9. The predicted octanol–water partition coefficient (Wildman–Crippen LogP) is 2.56. The number of ether oxygens (including phenoxy) is 2. The number of hydrogen-bond acceptors (Lipinski definition) is 4. The van der Waals surface area contributed by atoms with Crippen LogP contribution in [-0.4, -0.2) is 35.5 Å². The zero-order chi connectivity index (χ0) is 16.1. The number of amides is 1. The van der Waals surface area contributed by atoms with Gasteiger partial charge >= 0.3 is 0 Å². The third-order valence-corrected chi connectivity index (χ3v) is 3.84. The minimum absolute atomic E-state index is 0.0223. The van der Waals surface area contributed by atoms with Crippen LogP contribution in [-0.2, 0) is 9.53 Å². The standard InChI is InChI=1S/C17H21N3O3/c1-13-2-4-16(5-3-13)23-12-17(21)19-14-10-18-20(11-14)15-6-8-22-9-7-15/h2-5,10-11,15H,6-9,12H2,1H3,(H,19,21). The van der Waals surface area contributed by atoms with Gasteiger partial charge in [0.05, 0.1) is 17.9 Å². The van der Waals surface area contributed by atoms with Gasteiger partial charge in [-0.25, -0.2) is 0 Å². The average molecular weight is 315 g/mol. The molecule has 1 fully saturated rings. The maximum atomic E-state index is 11.9. The molecule has 0 unspecified atom stereocenters. The molecular weight excluding hydrogens is 294 g/mol. The van der Waals surface area contributed by atoms with Gasteiger partial charge in [0.25, 0.3) is 5.91 Å². The second kappa shape index (κ2) is 7.28. The van der Waals surface area contributed by atoms with Crippen molar-refractivity contribution in [2.45, 2.75) is 25.8 Å². The first kappa shape index (κ1) is 15.6.